The predicted octanol–water partition coefficient (Wildman–Crippen LogP) is 0.554. The van der Waals surface area contributed by atoms with E-state index in [-0.39, 0.29) is 29.9 Å². The summed E-state index contributed by atoms with van der Waals surface area (Å²) in [6, 6.07) is 3.95. The molecule has 6 nitrogen and oxygen atoms in total. The molecule has 0 spiro atoms. The molecule has 3 N–H and O–H groups in total. The summed E-state index contributed by atoms with van der Waals surface area (Å²) in [6.45, 7) is 0.131. The fraction of sp³-hybridized carbons (Fsp3) is 0.385. The highest BCUT2D eigenvalue weighted by atomic mass is 19.1. The number of nitrogens with two attached hydrogens (primary N) is 1. The number of ether oxygens (including phenoxy) is 2. The first-order valence-electron chi connectivity index (χ1n) is 6.17. The van der Waals surface area contributed by atoms with E-state index in [9.17, 15) is 14.0 Å². The van der Waals surface area contributed by atoms with Crippen molar-refractivity contribution in [3.05, 3.63) is 29.6 Å². The molecule has 1 saturated heterocycles. The lowest BCUT2D eigenvalue weighted by Gasteiger charge is -2.14. The molecule has 1 heterocycles. The van der Waals surface area contributed by atoms with Crippen LogP contribution in [0.15, 0.2) is 18.2 Å². The van der Waals surface area contributed by atoms with Crippen LogP contribution in [0.3, 0.4) is 0 Å². The first-order valence-corrected chi connectivity index (χ1v) is 6.17. The van der Waals surface area contributed by atoms with Crippen molar-refractivity contribution in [3.63, 3.8) is 0 Å². The van der Waals surface area contributed by atoms with E-state index in [1.54, 1.807) is 0 Å². The van der Waals surface area contributed by atoms with E-state index >= 15 is 0 Å². The van der Waals surface area contributed by atoms with E-state index in [0.717, 1.165) is 6.07 Å². The Balaban J connectivity index is 1.87. The fourth-order valence-corrected chi connectivity index (χ4v) is 2.00. The second-order valence-electron chi connectivity index (χ2n) is 4.45. The van der Waals surface area contributed by atoms with Crippen molar-refractivity contribution in [2.24, 2.45) is 5.84 Å². The number of nitrogens with one attached hydrogen (secondary N) is 1. The Labute approximate surface area is 115 Å². The van der Waals surface area contributed by atoms with Crippen molar-refractivity contribution in [1.29, 1.82) is 0 Å². The molecule has 0 radical (unpaired) electrons. The van der Waals surface area contributed by atoms with Crippen LogP contribution in [-0.4, -0.2) is 31.0 Å². The molecule has 0 saturated carbocycles. The summed E-state index contributed by atoms with van der Waals surface area (Å²) >= 11 is 0. The van der Waals surface area contributed by atoms with E-state index < -0.39 is 11.9 Å². The number of halogens is 1. The third kappa shape index (κ3) is 3.31. The van der Waals surface area contributed by atoms with Gasteiger partial charge in [-0.2, -0.15) is 0 Å². The van der Waals surface area contributed by atoms with Gasteiger partial charge in [-0.1, -0.05) is 0 Å². The zero-order valence-corrected chi connectivity index (χ0v) is 10.7. The maximum absolute atomic E-state index is 13.6. The van der Waals surface area contributed by atoms with Gasteiger partial charge in [0.05, 0.1) is 6.10 Å². The van der Waals surface area contributed by atoms with Gasteiger partial charge >= 0.3 is 0 Å². The Kier molecular flexibility index (Phi) is 4.65. The van der Waals surface area contributed by atoms with Crippen molar-refractivity contribution in [3.8, 4) is 5.75 Å². The lowest BCUT2D eigenvalue weighted by molar-refractivity contribution is -0.132. The summed E-state index contributed by atoms with van der Waals surface area (Å²) in [4.78, 5) is 21.8. The van der Waals surface area contributed by atoms with Gasteiger partial charge in [-0.25, -0.2) is 10.2 Å². The number of carbonyl (C=O) groups is 2. The third-order valence-corrected chi connectivity index (χ3v) is 3.06. The minimum atomic E-state index is -0.608. The fourth-order valence-electron chi connectivity index (χ4n) is 2.00. The van der Waals surface area contributed by atoms with Crippen molar-refractivity contribution < 1.29 is 23.5 Å². The van der Waals surface area contributed by atoms with E-state index in [0.29, 0.717) is 19.1 Å². The predicted molar refractivity (Wildman–Crippen MR) is 67.5 cm³/mol. The number of hydrazine groups is 1. The van der Waals surface area contributed by atoms with Crippen LogP contribution in [-0.2, 0) is 9.53 Å². The van der Waals surface area contributed by atoms with Gasteiger partial charge in [0.25, 0.3) is 5.91 Å². The van der Waals surface area contributed by atoms with Crippen LogP contribution in [0, 0.1) is 5.82 Å². The minimum absolute atomic E-state index is 0.0472. The average molecular weight is 282 g/mol. The molecule has 108 valence electrons. The van der Waals surface area contributed by atoms with E-state index in [1.807, 2.05) is 5.43 Å². The average Bonchev–Trinajstić information content (AvgIpc) is 2.94. The molecule has 1 aliphatic rings. The normalized spacial score (nSPS) is 21.5. The number of amides is 1. The number of aldehydes is 1. The molecular formula is C13H15FN2O4. The Morgan fingerprint density at radius 3 is 3.00 bits per heavy atom. The number of hydrogen-bond acceptors (Lipinski definition) is 5. The number of hydrogen-bond donors (Lipinski definition) is 2. The van der Waals surface area contributed by atoms with Crippen LogP contribution in [0.5, 0.6) is 5.75 Å². The molecule has 0 bridgehead atoms. The molecule has 2 unspecified atom stereocenters. The molecule has 7 heteroatoms. The quantitative estimate of drug-likeness (QED) is 0.356. The summed E-state index contributed by atoms with van der Waals surface area (Å²) in [5.74, 6) is 4.08. The molecular weight excluding hydrogens is 267 g/mol. The van der Waals surface area contributed by atoms with Crippen LogP contribution < -0.4 is 16.0 Å². The molecule has 1 aromatic carbocycles. The smallest absolute Gasteiger partial charge is 0.263 e. The monoisotopic (exact) mass is 282 g/mol. The van der Waals surface area contributed by atoms with Gasteiger partial charge in [0, 0.05) is 5.56 Å². The minimum Gasteiger partial charge on any atom is -0.488 e. The second kappa shape index (κ2) is 6.44. The Hall–Kier alpha value is -1.99. The zero-order valence-electron chi connectivity index (χ0n) is 10.7. The number of benzene rings is 1. The van der Waals surface area contributed by atoms with Gasteiger partial charge in [0.2, 0.25) is 0 Å². The largest absolute Gasteiger partial charge is 0.488 e. The van der Waals surface area contributed by atoms with E-state index in [4.69, 9.17) is 15.3 Å². The van der Waals surface area contributed by atoms with Crippen LogP contribution in [0.2, 0.25) is 0 Å². The summed E-state index contributed by atoms with van der Waals surface area (Å²) in [6.07, 6.45) is 0.858. The summed E-state index contributed by atoms with van der Waals surface area (Å²) in [7, 11) is 0. The first kappa shape index (κ1) is 14.4. The van der Waals surface area contributed by atoms with Crippen molar-refractivity contribution in [1.82, 2.24) is 5.43 Å². The Morgan fingerprint density at radius 1 is 1.55 bits per heavy atom. The topological polar surface area (TPSA) is 90.6 Å². The molecule has 2 atom stereocenters. The van der Waals surface area contributed by atoms with Crippen molar-refractivity contribution in [2.45, 2.75) is 25.0 Å². The summed E-state index contributed by atoms with van der Waals surface area (Å²) in [5.41, 5.74) is 2.27. The maximum Gasteiger partial charge on any atom is 0.263 e. The highest BCUT2D eigenvalue weighted by Gasteiger charge is 2.30. The standard InChI is InChI=1S/C13H15FN2O4/c14-10-5-8(6-17)1-3-11(10)19-7-9-2-4-12(20-9)13(18)16-15/h1,3,5-6,9,12H,2,4,7,15H2,(H,16,18). The van der Waals surface area contributed by atoms with Crippen molar-refractivity contribution in [2.75, 3.05) is 6.61 Å². The van der Waals surface area contributed by atoms with Crippen LogP contribution in [0.25, 0.3) is 0 Å². The maximum atomic E-state index is 13.6. The molecule has 2 rings (SSSR count). The molecule has 1 amide bonds. The second-order valence-corrected chi connectivity index (χ2v) is 4.45. The van der Waals surface area contributed by atoms with Gasteiger partial charge in [-0.3, -0.25) is 15.0 Å². The third-order valence-electron chi connectivity index (χ3n) is 3.06. The molecule has 1 aromatic rings. The molecule has 0 aliphatic carbocycles. The zero-order chi connectivity index (χ0) is 14.5. The van der Waals surface area contributed by atoms with Gasteiger partial charge < -0.3 is 9.47 Å². The van der Waals surface area contributed by atoms with Gasteiger partial charge in [0.1, 0.15) is 19.0 Å². The van der Waals surface area contributed by atoms with E-state index in [1.165, 1.54) is 12.1 Å². The van der Waals surface area contributed by atoms with E-state index in [2.05, 4.69) is 0 Å². The highest BCUT2D eigenvalue weighted by molar-refractivity contribution is 5.80. The molecule has 20 heavy (non-hydrogen) atoms. The molecule has 1 fully saturated rings. The first-order chi connectivity index (χ1) is 9.63. The van der Waals surface area contributed by atoms with Gasteiger partial charge in [-0.05, 0) is 31.0 Å². The van der Waals surface area contributed by atoms with Crippen molar-refractivity contribution >= 4 is 12.2 Å². The Bertz CT molecular complexity index is 509. The van der Waals surface area contributed by atoms with Crippen LogP contribution in [0.4, 0.5) is 4.39 Å². The number of rotatable bonds is 5. The van der Waals surface area contributed by atoms with Gasteiger partial charge in [-0.15, -0.1) is 0 Å². The lowest BCUT2D eigenvalue weighted by atomic mass is 10.2. The SMILES string of the molecule is NNC(=O)C1CCC(COc2ccc(C=O)cc2F)O1. The molecule has 1 aliphatic heterocycles. The van der Waals surface area contributed by atoms with Crippen LogP contribution >= 0.6 is 0 Å². The number of carbonyl (C=O) groups excluding carboxylic acids is 2. The molecule has 0 aromatic heterocycles. The summed E-state index contributed by atoms with van der Waals surface area (Å²) in [5, 5.41) is 0. The highest BCUT2D eigenvalue weighted by Crippen LogP contribution is 2.23. The summed E-state index contributed by atoms with van der Waals surface area (Å²) < 4.78 is 24.3. The lowest BCUT2D eigenvalue weighted by Crippen LogP contribution is -2.39. The Morgan fingerprint density at radius 2 is 2.35 bits per heavy atom. The van der Waals surface area contributed by atoms with Gasteiger partial charge in [0.15, 0.2) is 11.6 Å². The van der Waals surface area contributed by atoms with Crippen LogP contribution in [0.1, 0.15) is 23.2 Å².